The van der Waals surface area contributed by atoms with Crippen molar-refractivity contribution in [1.82, 2.24) is 0 Å². The maximum absolute atomic E-state index is 15.2. The summed E-state index contributed by atoms with van der Waals surface area (Å²) < 4.78 is 15.2. The molecule has 0 saturated heterocycles. The summed E-state index contributed by atoms with van der Waals surface area (Å²) in [6.07, 6.45) is 17.4. The van der Waals surface area contributed by atoms with Crippen LogP contribution in [0.5, 0.6) is 0 Å². The van der Waals surface area contributed by atoms with Crippen molar-refractivity contribution in [3.8, 4) is 0 Å². The summed E-state index contributed by atoms with van der Waals surface area (Å²) in [6, 6.07) is 13.2. The Morgan fingerprint density at radius 1 is 0.935 bits per heavy atom. The van der Waals surface area contributed by atoms with E-state index in [9.17, 15) is 0 Å². The van der Waals surface area contributed by atoms with Crippen molar-refractivity contribution < 1.29 is 4.39 Å². The standard InChI is InChI=1S/C30H39F/c1-3-5-6-8-23-11-14-26-20-28(16-15-25(26)19-23)29-18-17-27(21-30(29)31)24-12-9-22(7-4-2)10-13-24/h3,5,11,14,17-19,21-22,24,28H,4,6-10,12-13,15-16,20H2,1-2H3/b5-3+. The summed E-state index contributed by atoms with van der Waals surface area (Å²) in [5.41, 5.74) is 6.50. The molecule has 2 aromatic carbocycles. The first-order valence-corrected chi connectivity index (χ1v) is 12.7. The van der Waals surface area contributed by atoms with Gasteiger partial charge in [0.25, 0.3) is 0 Å². The molecule has 166 valence electrons. The fourth-order valence-electron chi connectivity index (χ4n) is 5.97. The SMILES string of the molecule is C/C=C/CCc1ccc2c(c1)CCC(c1ccc(C3CCC(CCC)CC3)cc1F)C2. The number of aryl methyl sites for hydroxylation is 2. The molecule has 1 atom stereocenters. The van der Waals surface area contributed by atoms with Crippen LogP contribution in [0.1, 0.15) is 105 Å². The molecule has 0 bridgehead atoms. The molecule has 0 radical (unpaired) electrons. The lowest BCUT2D eigenvalue weighted by atomic mass is 9.76. The zero-order chi connectivity index (χ0) is 21.6. The van der Waals surface area contributed by atoms with Crippen LogP contribution in [0.2, 0.25) is 0 Å². The van der Waals surface area contributed by atoms with Gasteiger partial charge in [0, 0.05) is 0 Å². The van der Waals surface area contributed by atoms with Gasteiger partial charge in [0.1, 0.15) is 5.82 Å². The summed E-state index contributed by atoms with van der Waals surface area (Å²) >= 11 is 0. The van der Waals surface area contributed by atoms with E-state index in [-0.39, 0.29) is 5.82 Å². The summed E-state index contributed by atoms with van der Waals surface area (Å²) in [4.78, 5) is 0. The van der Waals surface area contributed by atoms with E-state index in [0.717, 1.165) is 43.6 Å². The third-order valence-corrected chi connectivity index (χ3v) is 7.81. The number of halogens is 1. The highest BCUT2D eigenvalue weighted by Crippen LogP contribution is 2.40. The molecular weight excluding hydrogens is 379 g/mol. The number of hydrogen-bond acceptors (Lipinski definition) is 0. The second kappa shape index (κ2) is 10.6. The van der Waals surface area contributed by atoms with Gasteiger partial charge in [-0.25, -0.2) is 4.39 Å². The Labute approximate surface area is 189 Å². The molecule has 0 aliphatic heterocycles. The zero-order valence-corrected chi connectivity index (χ0v) is 19.5. The Bertz CT molecular complexity index is 885. The van der Waals surface area contributed by atoms with Crippen LogP contribution in [0, 0.1) is 11.7 Å². The highest BCUT2D eigenvalue weighted by molar-refractivity contribution is 5.38. The van der Waals surface area contributed by atoms with Crippen LogP contribution >= 0.6 is 0 Å². The Morgan fingerprint density at radius 2 is 1.77 bits per heavy atom. The number of fused-ring (bicyclic) bond motifs is 1. The lowest BCUT2D eigenvalue weighted by molar-refractivity contribution is 0.308. The predicted molar refractivity (Wildman–Crippen MR) is 130 cm³/mol. The molecule has 1 heteroatoms. The molecule has 0 nitrogen and oxygen atoms in total. The minimum absolute atomic E-state index is 0.0320. The molecule has 1 unspecified atom stereocenters. The molecule has 2 aliphatic carbocycles. The third kappa shape index (κ3) is 5.48. The number of allylic oxidation sites excluding steroid dienone is 2. The smallest absolute Gasteiger partial charge is 0.126 e. The van der Waals surface area contributed by atoms with Gasteiger partial charge in [-0.05, 0) is 116 Å². The van der Waals surface area contributed by atoms with Crippen molar-refractivity contribution in [2.45, 2.75) is 96.3 Å². The van der Waals surface area contributed by atoms with Crippen molar-refractivity contribution in [2.75, 3.05) is 0 Å². The highest BCUT2D eigenvalue weighted by atomic mass is 19.1. The topological polar surface area (TPSA) is 0 Å². The third-order valence-electron chi connectivity index (χ3n) is 7.81. The zero-order valence-electron chi connectivity index (χ0n) is 19.5. The minimum atomic E-state index is 0.0320. The molecule has 0 aromatic heterocycles. The highest BCUT2D eigenvalue weighted by Gasteiger charge is 2.25. The number of rotatable bonds is 7. The molecule has 1 saturated carbocycles. The summed E-state index contributed by atoms with van der Waals surface area (Å²) in [6.45, 7) is 4.37. The van der Waals surface area contributed by atoms with E-state index in [4.69, 9.17) is 0 Å². The Balaban J connectivity index is 1.40. The average Bonchev–Trinajstić information content (AvgIpc) is 2.79. The molecule has 0 amide bonds. The van der Waals surface area contributed by atoms with E-state index in [1.54, 1.807) is 0 Å². The first kappa shape index (κ1) is 22.3. The van der Waals surface area contributed by atoms with E-state index >= 15 is 4.39 Å². The van der Waals surface area contributed by atoms with Crippen LogP contribution < -0.4 is 0 Å². The maximum Gasteiger partial charge on any atom is 0.126 e. The molecule has 0 N–H and O–H groups in total. The van der Waals surface area contributed by atoms with Gasteiger partial charge in [-0.15, -0.1) is 0 Å². The average molecular weight is 419 g/mol. The van der Waals surface area contributed by atoms with E-state index in [1.807, 2.05) is 6.07 Å². The number of hydrogen-bond donors (Lipinski definition) is 0. The monoisotopic (exact) mass is 418 g/mol. The van der Waals surface area contributed by atoms with Gasteiger partial charge >= 0.3 is 0 Å². The molecule has 2 aliphatic rings. The van der Waals surface area contributed by atoms with E-state index in [2.05, 4.69) is 56.3 Å². The Kier molecular flexibility index (Phi) is 7.64. The van der Waals surface area contributed by atoms with Crippen molar-refractivity contribution in [3.05, 3.63) is 82.2 Å². The largest absolute Gasteiger partial charge is 0.207 e. The van der Waals surface area contributed by atoms with Crippen LogP contribution in [-0.2, 0) is 19.3 Å². The normalized spacial score (nSPS) is 23.8. The van der Waals surface area contributed by atoms with Crippen LogP contribution in [0.3, 0.4) is 0 Å². The van der Waals surface area contributed by atoms with E-state index in [0.29, 0.717) is 11.8 Å². The van der Waals surface area contributed by atoms with Gasteiger partial charge in [-0.3, -0.25) is 0 Å². The van der Waals surface area contributed by atoms with Crippen molar-refractivity contribution in [3.63, 3.8) is 0 Å². The predicted octanol–water partition coefficient (Wildman–Crippen LogP) is 8.68. The van der Waals surface area contributed by atoms with Gasteiger partial charge in [0.15, 0.2) is 0 Å². The van der Waals surface area contributed by atoms with Crippen LogP contribution in [0.4, 0.5) is 4.39 Å². The van der Waals surface area contributed by atoms with Gasteiger partial charge < -0.3 is 0 Å². The van der Waals surface area contributed by atoms with Gasteiger partial charge in [0.2, 0.25) is 0 Å². The summed E-state index contributed by atoms with van der Waals surface area (Å²) in [5, 5.41) is 0. The molecule has 1 fully saturated rings. The fourth-order valence-corrected chi connectivity index (χ4v) is 5.97. The molecule has 0 heterocycles. The lowest BCUT2D eigenvalue weighted by Gasteiger charge is -2.29. The quantitative estimate of drug-likeness (QED) is 0.394. The van der Waals surface area contributed by atoms with Crippen molar-refractivity contribution in [1.29, 1.82) is 0 Å². The summed E-state index contributed by atoms with van der Waals surface area (Å²) in [7, 11) is 0. The van der Waals surface area contributed by atoms with Gasteiger partial charge in [0.05, 0.1) is 0 Å². The first-order chi connectivity index (χ1) is 15.2. The van der Waals surface area contributed by atoms with Crippen molar-refractivity contribution >= 4 is 0 Å². The fraction of sp³-hybridized carbons (Fsp3) is 0.533. The molecule has 2 aromatic rings. The van der Waals surface area contributed by atoms with E-state index in [1.165, 1.54) is 60.8 Å². The van der Waals surface area contributed by atoms with Crippen LogP contribution in [0.25, 0.3) is 0 Å². The van der Waals surface area contributed by atoms with Gasteiger partial charge in [-0.1, -0.05) is 62.2 Å². The van der Waals surface area contributed by atoms with Crippen LogP contribution in [0.15, 0.2) is 48.6 Å². The Hall–Kier alpha value is -1.89. The molecular formula is C30H39F. The maximum atomic E-state index is 15.2. The minimum Gasteiger partial charge on any atom is -0.207 e. The molecule has 0 spiro atoms. The summed E-state index contributed by atoms with van der Waals surface area (Å²) in [5.74, 6) is 1.81. The molecule has 4 rings (SSSR count). The lowest BCUT2D eigenvalue weighted by Crippen LogP contribution is -2.16. The molecule has 31 heavy (non-hydrogen) atoms. The van der Waals surface area contributed by atoms with Crippen molar-refractivity contribution in [2.24, 2.45) is 5.92 Å². The van der Waals surface area contributed by atoms with E-state index < -0.39 is 0 Å². The van der Waals surface area contributed by atoms with Crippen LogP contribution in [-0.4, -0.2) is 0 Å². The van der Waals surface area contributed by atoms with Gasteiger partial charge in [-0.2, -0.15) is 0 Å². The number of benzene rings is 2. The Morgan fingerprint density at radius 3 is 2.52 bits per heavy atom. The second-order valence-electron chi connectivity index (χ2n) is 9.94. The second-order valence-corrected chi connectivity index (χ2v) is 9.94. The first-order valence-electron chi connectivity index (χ1n) is 12.7.